The Hall–Kier alpha value is -2.84. The molecule has 1 amide bonds. The Labute approximate surface area is 183 Å². The predicted octanol–water partition coefficient (Wildman–Crippen LogP) is 5.58. The molecule has 1 N–H and O–H groups in total. The van der Waals surface area contributed by atoms with Crippen LogP contribution in [0.25, 0.3) is 16.6 Å². The number of carbonyl (C=O) groups excluding carboxylic acids is 1. The van der Waals surface area contributed by atoms with Crippen molar-refractivity contribution in [1.82, 2.24) is 14.8 Å². The Balaban J connectivity index is 1.47. The van der Waals surface area contributed by atoms with Crippen molar-refractivity contribution in [2.24, 2.45) is 0 Å². The molecule has 4 rings (SSSR count). The highest BCUT2D eigenvalue weighted by Gasteiger charge is 2.15. The van der Waals surface area contributed by atoms with E-state index < -0.39 is 0 Å². The molecular formula is C22H22N4O2S2. The van der Waals surface area contributed by atoms with Crippen molar-refractivity contribution in [2.75, 3.05) is 5.32 Å². The summed E-state index contributed by atoms with van der Waals surface area (Å²) in [5.41, 5.74) is 2.51. The quantitative estimate of drug-likeness (QED) is 0.381. The van der Waals surface area contributed by atoms with Gasteiger partial charge < -0.3 is 9.73 Å². The van der Waals surface area contributed by atoms with Crippen LogP contribution in [0.15, 0.2) is 63.4 Å². The molecule has 0 aliphatic heterocycles. The zero-order chi connectivity index (χ0) is 21.1. The summed E-state index contributed by atoms with van der Waals surface area (Å²) in [7, 11) is 0. The number of carbonyl (C=O) groups is 1. The van der Waals surface area contributed by atoms with Crippen LogP contribution in [-0.2, 0) is 11.2 Å². The van der Waals surface area contributed by atoms with E-state index in [-0.39, 0.29) is 5.91 Å². The minimum atomic E-state index is -0.0942. The van der Waals surface area contributed by atoms with Crippen LogP contribution in [0.1, 0.15) is 25.1 Å². The van der Waals surface area contributed by atoms with Gasteiger partial charge in [0.25, 0.3) is 0 Å². The number of nitrogens with one attached hydrogen (secondary N) is 1. The number of hydrogen-bond donors (Lipinski definition) is 1. The van der Waals surface area contributed by atoms with Crippen LogP contribution in [0.3, 0.4) is 0 Å². The van der Waals surface area contributed by atoms with Crippen molar-refractivity contribution in [3.8, 4) is 16.6 Å². The van der Waals surface area contributed by atoms with E-state index in [2.05, 4.69) is 41.4 Å². The number of aromatic nitrogens is 3. The molecule has 0 spiro atoms. The summed E-state index contributed by atoms with van der Waals surface area (Å²) >= 11 is 3.25. The van der Waals surface area contributed by atoms with Gasteiger partial charge in [0.2, 0.25) is 11.0 Å². The van der Waals surface area contributed by atoms with Gasteiger partial charge in [-0.05, 0) is 36.8 Å². The van der Waals surface area contributed by atoms with Gasteiger partial charge in [0, 0.05) is 21.6 Å². The summed E-state index contributed by atoms with van der Waals surface area (Å²) in [6, 6.07) is 13.7. The SMILES string of the molecule is Cc1cc(NC(=O)Cc2ccc(SC(C)C)cc2)n(-c2nc(-c3ccco3)cs2)n1. The maximum absolute atomic E-state index is 12.6. The van der Waals surface area contributed by atoms with E-state index in [4.69, 9.17) is 4.42 Å². The maximum Gasteiger partial charge on any atom is 0.229 e. The lowest BCUT2D eigenvalue weighted by atomic mass is 10.1. The smallest absolute Gasteiger partial charge is 0.229 e. The fourth-order valence-electron chi connectivity index (χ4n) is 2.96. The van der Waals surface area contributed by atoms with E-state index in [0.717, 1.165) is 17.0 Å². The summed E-state index contributed by atoms with van der Waals surface area (Å²) in [4.78, 5) is 18.4. The second kappa shape index (κ2) is 8.89. The van der Waals surface area contributed by atoms with Gasteiger partial charge in [-0.25, -0.2) is 4.98 Å². The number of aryl methyl sites for hydroxylation is 1. The number of furan rings is 1. The molecule has 3 aromatic heterocycles. The van der Waals surface area contributed by atoms with E-state index in [0.29, 0.717) is 28.4 Å². The van der Waals surface area contributed by atoms with Crippen molar-refractivity contribution >= 4 is 34.8 Å². The van der Waals surface area contributed by atoms with Crippen molar-refractivity contribution in [1.29, 1.82) is 0 Å². The summed E-state index contributed by atoms with van der Waals surface area (Å²) in [6.07, 6.45) is 1.92. The average molecular weight is 439 g/mol. The summed E-state index contributed by atoms with van der Waals surface area (Å²) in [6.45, 7) is 6.21. The van der Waals surface area contributed by atoms with Gasteiger partial charge in [-0.3, -0.25) is 4.79 Å². The number of anilines is 1. The second-order valence-corrected chi connectivity index (χ2v) is 9.60. The molecule has 0 atom stereocenters. The summed E-state index contributed by atoms with van der Waals surface area (Å²) in [5.74, 6) is 1.21. The number of amides is 1. The van der Waals surface area contributed by atoms with Crippen molar-refractivity contribution in [2.45, 2.75) is 37.3 Å². The normalized spacial score (nSPS) is 11.2. The fraction of sp³-hybridized carbons (Fsp3) is 0.227. The molecule has 0 saturated heterocycles. The Morgan fingerprint density at radius 3 is 2.77 bits per heavy atom. The molecule has 6 nitrogen and oxygen atoms in total. The second-order valence-electron chi connectivity index (χ2n) is 7.11. The first kappa shape index (κ1) is 20.4. The highest BCUT2D eigenvalue weighted by molar-refractivity contribution is 7.99. The van der Waals surface area contributed by atoms with Gasteiger partial charge in [-0.1, -0.05) is 26.0 Å². The van der Waals surface area contributed by atoms with Crippen LogP contribution < -0.4 is 5.32 Å². The molecule has 4 aromatic rings. The molecule has 0 aliphatic rings. The monoisotopic (exact) mass is 438 g/mol. The zero-order valence-corrected chi connectivity index (χ0v) is 18.6. The first-order valence-corrected chi connectivity index (χ1v) is 11.4. The van der Waals surface area contributed by atoms with Crippen LogP contribution in [0.4, 0.5) is 5.82 Å². The molecule has 154 valence electrons. The first-order valence-electron chi connectivity index (χ1n) is 9.60. The van der Waals surface area contributed by atoms with E-state index in [1.54, 1.807) is 10.9 Å². The van der Waals surface area contributed by atoms with Crippen LogP contribution >= 0.6 is 23.1 Å². The molecule has 8 heteroatoms. The highest BCUT2D eigenvalue weighted by atomic mass is 32.2. The summed E-state index contributed by atoms with van der Waals surface area (Å²) < 4.78 is 7.07. The number of hydrogen-bond acceptors (Lipinski definition) is 6. The molecule has 1 aromatic carbocycles. The fourth-order valence-corrected chi connectivity index (χ4v) is 4.58. The third-order valence-corrected chi connectivity index (χ3v) is 6.04. The van der Waals surface area contributed by atoms with E-state index >= 15 is 0 Å². The third-order valence-electron chi connectivity index (χ3n) is 4.21. The van der Waals surface area contributed by atoms with E-state index in [1.807, 2.05) is 54.4 Å². The lowest BCUT2D eigenvalue weighted by Gasteiger charge is -2.08. The van der Waals surface area contributed by atoms with Crippen molar-refractivity contribution in [3.05, 3.63) is 65.4 Å². The topological polar surface area (TPSA) is 73.0 Å². The Morgan fingerprint density at radius 2 is 2.07 bits per heavy atom. The zero-order valence-electron chi connectivity index (χ0n) is 17.0. The number of nitrogens with zero attached hydrogens (tertiary/aromatic N) is 3. The lowest BCUT2D eigenvalue weighted by Crippen LogP contribution is -2.17. The highest BCUT2D eigenvalue weighted by Crippen LogP contribution is 2.27. The molecule has 0 saturated carbocycles. The summed E-state index contributed by atoms with van der Waals surface area (Å²) in [5, 5.41) is 10.6. The largest absolute Gasteiger partial charge is 0.463 e. The van der Waals surface area contributed by atoms with Gasteiger partial charge in [0.05, 0.1) is 18.4 Å². The van der Waals surface area contributed by atoms with E-state index in [1.165, 1.54) is 16.2 Å². The molecular weight excluding hydrogens is 416 g/mol. The minimum absolute atomic E-state index is 0.0942. The van der Waals surface area contributed by atoms with Crippen molar-refractivity contribution < 1.29 is 9.21 Å². The van der Waals surface area contributed by atoms with Crippen LogP contribution in [0.5, 0.6) is 0 Å². The molecule has 0 bridgehead atoms. The number of rotatable bonds is 7. The Morgan fingerprint density at radius 1 is 1.27 bits per heavy atom. The van der Waals surface area contributed by atoms with Gasteiger partial charge in [-0.15, -0.1) is 23.1 Å². The van der Waals surface area contributed by atoms with Gasteiger partial charge in [-0.2, -0.15) is 9.78 Å². The maximum atomic E-state index is 12.6. The number of thiazole rings is 1. The molecule has 0 fully saturated rings. The van der Waals surface area contributed by atoms with Crippen LogP contribution in [-0.4, -0.2) is 25.9 Å². The van der Waals surface area contributed by atoms with Gasteiger partial charge >= 0.3 is 0 Å². The average Bonchev–Trinajstić information content (AvgIpc) is 3.43. The number of thioether (sulfide) groups is 1. The Bertz CT molecular complexity index is 1130. The predicted molar refractivity (Wildman–Crippen MR) is 121 cm³/mol. The van der Waals surface area contributed by atoms with E-state index in [9.17, 15) is 4.79 Å². The minimum Gasteiger partial charge on any atom is -0.463 e. The van der Waals surface area contributed by atoms with Crippen LogP contribution in [0, 0.1) is 6.92 Å². The van der Waals surface area contributed by atoms with Gasteiger partial charge in [0.1, 0.15) is 11.5 Å². The molecule has 0 unspecified atom stereocenters. The Kier molecular flexibility index (Phi) is 6.06. The van der Waals surface area contributed by atoms with Gasteiger partial charge in [0.15, 0.2) is 5.76 Å². The lowest BCUT2D eigenvalue weighted by molar-refractivity contribution is -0.115. The first-order chi connectivity index (χ1) is 14.5. The number of benzene rings is 1. The van der Waals surface area contributed by atoms with Crippen molar-refractivity contribution in [3.63, 3.8) is 0 Å². The standard InChI is InChI=1S/C22H22N4O2S2/c1-14(2)30-17-8-6-16(7-9-17)12-21(27)24-20-11-15(3)25-26(20)22-23-18(13-29-22)19-5-4-10-28-19/h4-11,13-14H,12H2,1-3H3,(H,24,27). The molecule has 0 aliphatic carbocycles. The molecule has 0 radical (unpaired) electrons. The van der Waals surface area contributed by atoms with Crippen LogP contribution in [0.2, 0.25) is 0 Å². The molecule has 3 heterocycles. The molecule has 30 heavy (non-hydrogen) atoms. The third kappa shape index (κ3) is 4.83.